The summed E-state index contributed by atoms with van der Waals surface area (Å²) >= 11 is 8.21. The first kappa shape index (κ1) is 18.3. The van der Waals surface area contributed by atoms with Crippen molar-refractivity contribution >= 4 is 51.5 Å². The first-order valence-electron chi connectivity index (χ1n) is 7.55. The van der Waals surface area contributed by atoms with Crippen molar-refractivity contribution in [1.29, 1.82) is 0 Å². The summed E-state index contributed by atoms with van der Waals surface area (Å²) in [5.74, 6) is -2.77. The van der Waals surface area contributed by atoms with Gasteiger partial charge in [0.1, 0.15) is 6.73 Å². The third kappa shape index (κ3) is 4.59. The number of rotatable bonds is 6. The number of anilines is 2. The molecule has 0 saturated heterocycles. The van der Waals surface area contributed by atoms with Crippen LogP contribution < -0.4 is 10.6 Å². The maximum absolute atomic E-state index is 14.3. The fourth-order valence-electron chi connectivity index (χ4n) is 2.14. The largest absolute Gasteiger partial charge is 0.358 e. The number of carbonyl (C=O) groups is 1. The second-order valence-corrected chi connectivity index (χ2v) is 7.20. The predicted octanol–water partition coefficient (Wildman–Crippen LogP) is 4.83. The van der Waals surface area contributed by atoms with Gasteiger partial charge in [0.2, 0.25) is 0 Å². The van der Waals surface area contributed by atoms with Crippen LogP contribution in [-0.2, 0) is 4.74 Å². The number of hydrogen-bond donors (Lipinski definition) is 2. The molecule has 132 valence electrons. The number of nitrogens with one attached hydrogen (secondary N) is 2. The highest BCUT2D eigenvalue weighted by Crippen LogP contribution is 2.31. The van der Waals surface area contributed by atoms with Gasteiger partial charge in [-0.3, -0.25) is 4.79 Å². The highest BCUT2D eigenvalue weighted by atomic mass is 127. The van der Waals surface area contributed by atoms with Crippen LogP contribution in [0.4, 0.5) is 20.2 Å². The highest BCUT2D eigenvalue weighted by molar-refractivity contribution is 14.1. The van der Waals surface area contributed by atoms with E-state index in [2.05, 4.69) is 33.2 Å². The monoisotopic (exact) mass is 478 g/mol. The lowest BCUT2D eigenvalue weighted by Gasteiger charge is -2.15. The Bertz CT molecular complexity index is 815. The van der Waals surface area contributed by atoms with Gasteiger partial charge in [-0.05, 0) is 65.8 Å². The average Bonchev–Trinajstić information content (AvgIpc) is 3.38. The van der Waals surface area contributed by atoms with E-state index in [1.165, 1.54) is 6.07 Å². The lowest BCUT2D eigenvalue weighted by Crippen LogP contribution is -2.27. The van der Waals surface area contributed by atoms with Crippen LogP contribution in [0.5, 0.6) is 0 Å². The van der Waals surface area contributed by atoms with E-state index in [0.29, 0.717) is 10.7 Å². The first-order chi connectivity index (χ1) is 12.0. The molecule has 0 heterocycles. The molecular formula is C17H14ClF2IN2O2. The second-order valence-electron chi connectivity index (χ2n) is 5.55. The van der Waals surface area contributed by atoms with Crippen LogP contribution in [0, 0.1) is 15.2 Å². The fourth-order valence-corrected chi connectivity index (χ4v) is 3.05. The zero-order valence-electron chi connectivity index (χ0n) is 12.9. The summed E-state index contributed by atoms with van der Waals surface area (Å²) < 4.78 is 34.2. The molecule has 25 heavy (non-hydrogen) atoms. The zero-order chi connectivity index (χ0) is 18.0. The second kappa shape index (κ2) is 7.84. The molecule has 8 heteroatoms. The van der Waals surface area contributed by atoms with Crippen molar-refractivity contribution in [2.75, 3.05) is 12.0 Å². The number of amides is 1. The third-order valence-corrected chi connectivity index (χ3v) is 4.59. The number of ether oxygens (including phenoxy) is 1. The molecule has 2 aromatic carbocycles. The van der Waals surface area contributed by atoms with Gasteiger partial charge in [0.15, 0.2) is 11.6 Å². The van der Waals surface area contributed by atoms with Crippen molar-refractivity contribution in [2.45, 2.75) is 18.9 Å². The van der Waals surface area contributed by atoms with Crippen LogP contribution in [0.25, 0.3) is 0 Å². The van der Waals surface area contributed by atoms with Crippen molar-refractivity contribution in [3.8, 4) is 0 Å². The first-order valence-corrected chi connectivity index (χ1v) is 9.01. The van der Waals surface area contributed by atoms with Gasteiger partial charge in [-0.1, -0.05) is 11.6 Å². The molecule has 0 aliphatic heterocycles. The Morgan fingerprint density at radius 3 is 2.72 bits per heavy atom. The minimum atomic E-state index is -1.15. The predicted molar refractivity (Wildman–Crippen MR) is 100 cm³/mol. The van der Waals surface area contributed by atoms with Gasteiger partial charge in [0.25, 0.3) is 5.91 Å². The van der Waals surface area contributed by atoms with Gasteiger partial charge in [-0.15, -0.1) is 0 Å². The third-order valence-electron chi connectivity index (χ3n) is 3.61. The minimum Gasteiger partial charge on any atom is -0.358 e. The van der Waals surface area contributed by atoms with E-state index in [1.54, 1.807) is 18.2 Å². The van der Waals surface area contributed by atoms with E-state index in [1.807, 2.05) is 0 Å². The maximum Gasteiger partial charge on any atom is 0.255 e. The van der Waals surface area contributed by atoms with E-state index >= 15 is 0 Å². The molecule has 2 N–H and O–H groups in total. The van der Waals surface area contributed by atoms with Gasteiger partial charge in [0.05, 0.1) is 28.1 Å². The van der Waals surface area contributed by atoms with Crippen LogP contribution in [0.2, 0.25) is 5.02 Å². The summed E-state index contributed by atoms with van der Waals surface area (Å²) in [4.78, 5) is 12.3. The van der Waals surface area contributed by atoms with Crippen molar-refractivity contribution in [3.63, 3.8) is 0 Å². The Labute approximate surface area is 162 Å². The molecule has 0 radical (unpaired) electrons. The van der Waals surface area contributed by atoms with E-state index in [-0.39, 0.29) is 24.1 Å². The summed E-state index contributed by atoms with van der Waals surface area (Å²) in [6, 6.07) is 7.19. The highest BCUT2D eigenvalue weighted by Gasteiger charge is 2.23. The Balaban J connectivity index is 1.85. The number of carbonyl (C=O) groups excluding carboxylic acids is 1. The topological polar surface area (TPSA) is 50.4 Å². The Morgan fingerprint density at radius 2 is 2.04 bits per heavy atom. The van der Waals surface area contributed by atoms with E-state index in [0.717, 1.165) is 22.5 Å². The maximum atomic E-state index is 14.3. The quantitative estimate of drug-likeness (QED) is 0.462. The van der Waals surface area contributed by atoms with E-state index in [9.17, 15) is 13.6 Å². The fraction of sp³-hybridized carbons (Fsp3) is 0.235. The summed E-state index contributed by atoms with van der Waals surface area (Å²) in [6.07, 6.45) is 2.12. The van der Waals surface area contributed by atoms with Gasteiger partial charge in [-0.2, -0.15) is 0 Å². The van der Waals surface area contributed by atoms with E-state index in [4.69, 9.17) is 16.3 Å². The number of halogens is 4. The lowest BCUT2D eigenvalue weighted by molar-refractivity contribution is 0.0750. The molecule has 0 unspecified atom stereocenters. The number of benzene rings is 2. The van der Waals surface area contributed by atoms with Gasteiger partial charge in [0, 0.05) is 3.57 Å². The average molecular weight is 479 g/mol. The van der Waals surface area contributed by atoms with Gasteiger partial charge in [-0.25, -0.2) is 8.78 Å². The molecule has 1 aliphatic carbocycles. The standard InChI is InChI=1S/C17H14ClF2IN2O2/c18-12-7-9(21)1-6-14(12)23-16-11(4-5-13(19)15(16)20)17(24)22-8-25-10-2-3-10/h1,4-7,10,23H,2-3,8H2,(H,22,24). The summed E-state index contributed by atoms with van der Waals surface area (Å²) in [6.45, 7) is 0.0201. The van der Waals surface area contributed by atoms with Crippen LogP contribution in [-0.4, -0.2) is 18.7 Å². The van der Waals surface area contributed by atoms with Crippen LogP contribution in [0.15, 0.2) is 30.3 Å². The van der Waals surface area contributed by atoms with Gasteiger partial charge >= 0.3 is 0 Å². The lowest BCUT2D eigenvalue weighted by atomic mass is 10.1. The molecule has 2 aromatic rings. The van der Waals surface area contributed by atoms with Crippen molar-refractivity contribution in [3.05, 3.63) is 56.1 Å². The Hall–Kier alpha value is -1.45. The van der Waals surface area contributed by atoms with Crippen molar-refractivity contribution in [2.24, 2.45) is 0 Å². The van der Waals surface area contributed by atoms with Crippen LogP contribution in [0.3, 0.4) is 0 Å². The summed E-state index contributed by atoms with van der Waals surface area (Å²) in [5.41, 5.74) is 0.0646. The Morgan fingerprint density at radius 1 is 1.28 bits per heavy atom. The minimum absolute atomic E-state index is 0.0201. The normalized spacial score (nSPS) is 13.6. The number of hydrogen-bond acceptors (Lipinski definition) is 3. The zero-order valence-corrected chi connectivity index (χ0v) is 15.8. The molecule has 0 atom stereocenters. The molecule has 1 saturated carbocycles. The molecule has 4 nitrogen and oxygen atoms in total. The molecule has 0 aromatic heterocycles. The SMILES string of the molecule is O=C(NCOC1CC1)c1ccc(F)c(F)c1Nc1ccc(I)cc1Cl. The van der Waals surface area contributed by atoms with Crippen LogP contribution >= 0.6 is 34.2 Å². The smallest absolute Gasteiger partial charge is 0.255 e. The van der Waals surface area contributed by atoms with Crippen molar-refractivity contribution < 1.29 is 18.3 Å². The molecule has 0 spiro atoms. The molecule has 3 rings (SSSR count). The summed E-state index contributed by atoms with van der Waals surface area (Å²) in [5, 5.41) is 5.59. The van der Waals surface area contributed by atoms with E-state index < -0.39 is 17.5 Å². The molecule has 1 fully saturated rings. The molecule has 1 aliphatic rings. The Kier molecular flexibility index (Phi) is 5.75. The molecule has 0 bridgehead atoms. The summed E-state index contributed by atoms with van der Waals surface area (Å²) in [7, 11) is 0. The molecule has 1 amide bonds. The van der Waals surface area contributed by atoms with Crippen LogP contribution in [0.1, 0.15) is 23.2 Å². The van der Waals surface area contributed by atoms with Crippen molar-refractivity contribution in [1.82, 2.24) is 5.32 Å². The van der Waals surface area contributed by atoms with Gasteiger partial charge < -0.3 is 15.4 Å². The molecular weight excluding hydrogens is 465 g/mol.